The van der Waals surface area contributed by atoms with E-state index in [9.17, 15) is 0 Å². The summed E-state index contributed by atoms with van der Waals surface area (Å²) < 4.78 is 5.37. The van der Waals surface area contributed by atoms with Gasteiger partial charge < -0.3 is 4.74 Å². The van der Waals surface area contributed by atoms with E-state index >= 15 is 0 Å². The number of nitrogens with one attached hydrogen (secondary N) is 1. The van der Waals surface area contributed by atoms with Gasteiger partial charge in [-0.05, 0) is 37.8 Å². The number of hydrogen-bond donors (Lipinski definition) is 1. The van der Waals surface area contributed by atoms with Crippen LogP contribution in [0.3, 0.4) is 0 Å². The van der Waals surface area contributed by atoms with Gasteiger partial charge in [-0.15, -0.1) is 0 Å². The monoisotopic (exact) mass is 312 g/mol. The largest absolute Gasteiger partial charge is 0.381 e. The minimum Gasteiger partial charge on any atom is -0.381 e. The highest BCUT2D eigenvalue weighted by Crippen LogP contribution is 2.28. The third-order valence-electron chi connectivity index (χ3n) is 4.34. The fourth-order valence-electron chi connectivity index (χ4n) is 3.07. The number of fused-ring (bicyclic) bond motifs is 1. The zero-order valence-corrected chi connectivity index (χ0v) is 13.0. The molecule has 2 aromatic rings. The van der Waals surface area contributed by atoms with Crippen molar-refractivity contribution in [3.05, 3.63) is 35.7 Å². The van der Waals surface area contributed by atoms with E-state index in [2.05, 4.69) is 20.4 Å². The van der Waals surface area contributed by atoms with Gasteiger partial charge in [-0.3, -0.25) is 9.82 Å². The van der Waals surface area contributed by atoms with Crippen LogP contribution < -0.4 is 5.48 Å². The number of aryl methyl sites for hydroxylation is 1. The molecule has 0 bridgehead atoms. The summed E-state index contributed by atoms with van der Waals surface area (Å²) in [6, 6.07) is 5.77. The fraction of sp³-hybridized carbons (Fsp3) is 0.471. The highest BCUT2D eigenvalue weighted by Gasteiger charge is 2.21. The van der Waals surface area contributed by atoms with Gasteiger partial charge in [-0.25, -0.2) is 15.4 Å². The molecule has 6 nitrogen and oxygen atoms in total. The molecule has 3 heterocycles. The van der Waals surface area contributed by atoms with Crippen molar-refractivity contribution in [3.63, 3.8) is 0 Å². The molecule has 4 rings (SSSR count). The summed E-state index contributed by atoms with van der Waals surface area (Å²) >= 11 is 0. The minimum atomic E-state index is 0.465. The number of nitrogens with zero attached hydrogens (tertiary/aromatic N) is 3. The molecule has 0 radical (unpaired) electrons. The van der Waals surface area contributed by atoms with E-state index in [1.165, 1.54) is 5.56 Å². The van der Waals surface area contributed by atoms with Crippen LogP contribution in [-0.4, -0.2) is 34.8 Å². The molecule has 1 aliphatic heterocycles. The zero-order chi connectivity index (χ0) is 15.5. The van der Waals surface area contributed by atoms with Crippen LogP contribution in [0.5, 0.6) is 0 Å². The second-order valence-electron chi connectivity index (χ2n) is 6.03. The third kappa shape index (κ3) is 3.18. The number of hydrogen-bond acceptors (Lipinski definition) is 6. The van der Waals surface area contributed by atoms with Gasteiger partial charge in [0.05, 0.1) is 13.2 Å². The number of rotatable bonds is 5. The maximum atomic E-state index is 5.68. The predicted octanol–water partition coefficient (Wildman–Crippen LogP) is 2.41. The Morgan fingerprint density at radius 3 is 3.09 bits per heavy atom. The summed E-state index contributed by atoms with van der Waals surface area (Å²) in [5.41, 5.74) is 6.11. The number of aromatic nitrogens is 3. The lowest BCUT2D eigenvalue weighted by Gasteiger charge is -2.13. The molecule has 1 unspecified atom stereocenters. The molecule has 1 atom stereocenters. The summed E-state index contributed by atoms with van der Waals surface area (Å²) in [5, 5.41) is 0. The van der Waals surface area contributed by atoms with E-state index in [1.54, 1.807) is 6.20 Å². The molecule has 2 aliphatic rings. The maximum Gasteiger partial charge on any atom is 0.180 e. The van der Waals surface area contributed by atoms with Gasteiger partial charge in [0.25, 0.3) is 0 Å². The molecule has 0 amide bonds. The highest BCUT2D eigenvalue weighted by atomic mass is 16.6. The van der Waals surface area contributed by atoms with Crippen LogP contribution in [0, 0.1) is 5.92 Å². The van der Waals surface area contributed by atoms with Crippen LogP contribution in [0.4, 0.5) is 5.82 Å². The van der Waals surface area contributed by atoms with Crippen molar-refractivity contribution in [2.45, 2.75) is 25.7 Å². The second kappa shape index (κ2) is 6.60. The van der Waals surface area contributed by atoms with E-state index in [-0.39, 0.29) is 0 Å². The number of anilines is 1. The molecule has 6 heteroatoms. The van der Waals surface area contributed by atoms with Gasteiger partial charge in [-0.2, -0.15) is 0 Å². The van der Waals surface area contributed by atoms with Gasteiger partial charge in [0.15, 0.2) is 11.6 Å². The Bertz CT molecular complexity index is 672. The molecule has 1 saturated heterocycles. The van der Waals surface area contributed by atoms with E-state index in [0.717, 1.165) is 56.1 Å². The van der Waals surface area contributed by atoms with E-state index < -0.39 is 0 Å². The Labute approximate surface area is 135 Å². The van der Waals surface area contributed by atoms with E-state index in [4.69, 9.17) is 9.57 Å². The lowest BCUT2D eigenvalue weighted by atomic mass is 10.1. The average Bonchev–Trinajstić information content (AvgIpc) is 3.26. The summed E-state index contributed by atoms with van der Waals surface area (Å²) in [7, 11) is 0. The zero-order valence-electron chi connectivity index (χ0n) is 13.0. The van der Waals surface area contributed by atoms with Crippen LogP contribution in [0.2, 0.25) is 0 Å². The molecular weight excluding hydrogens is 292 g/mol. The molecule has 1 aliphatic carbocycles. The molecule has 2 aromatic heterocycles. The van der Waals surface area contributed by atoms with Crippen molar-refractivity contribution in [3.8, 4) is 11.5 Å². The molecule has 1 N–H and O–H groups in total. The first kappa shape index (κ1) is 14.5. The lowest BCUT2D eigenvalue weighted by molar-refractivity contribution is 0.126. The first-order valence-electron chi connectivity index (χ1n) is 8.17. The van der Waals surface area contributed by atoms with Gasteiger partial charge in [0, 0.05) is 30.0 Å². The predicted molar refractivity (Wildman–Crippen MR) is 85.8 cm³/mol. The quantitative estimate of drug-likeness (QED) is 0.855. The molecule has 1 fully saturated rings. The Morgan fingerprint density at radius 2 is 2.26 bits per heavy atom. The van der Waals surface area contributed by atoms with Crippen molar-refractivity contribution in [1.82, 2.24) is 15.0 Å². The number of pyridine rings is 1. The van der Waals surface area contributed by atoms with Crippen molar-refractivity contribution in [2.24, 2.45) is 5.92 Å². The van der Waals surface area contributed by atoms with Gasteiger partial charge >= 0.3 is 0 Å². The van der Waals surface area contributed by atoms with E-state index in [0.29, 0.717) is 18.3 Å². The molecule has 0 spiro atoms. The second-order valence-corrected chi connectivity index (χ2v) is 6.03. The SMILES string of the molecule is c1ccc(-c2nc3c(c(NOCC4CCOC4)n2)CCC3)nc1. The molecule has 0 saturated carbocycles. The van der Waals surface area contributed by atoms with Gasteiger partial charge in [0.2, 0.25) is 0 Å². The fourth-order valence-corrected chi connectivity index (χ4v) is 3.07. The smallest absolute Gasteiger partial charge is 0.180 e. The first-order chi connectivity index (χ1) is 11.4. The Morgan fingerprint density at radius 1 is 1.26 bits per heavy atom. The van der Waals surface area contributed by atoms with Crippen LogP contribution in [-0.2, 0) is 22.4 Å². The Kier molecular flexibility index (Phi) is 4.17. The van der Waals surface area contributed by atoms with Crippen LogP contribution in [0.25, 0.3) is 11.5 Å². The minimum absolute atomic E-state index is 0.465. The molecule has 23 heavy (non-hydrogen) atoms. The average molecular weight is 312 g/mol. The Balaban J connectivity index is 1.54. The molecule has 120 valence electrons. The lowest BCUT2D eigenvalue weighted by Crippen LogP contribution is -2.15. The first-order valence-corrected chi connectivity index (χ1v) is 8.17. The van der Waals surface area contributed by atoms with Crippen molar-refractivity contribution in [1.29, 1.82) is 0 Å². The Hall–Kier alpha value is -2.05. The van der Waals surface area contributed by atoms with Gasteiger partial charge in [0.1, 0.15) is 5.69 Å². The van der Waals surface area contributed by atoms with Crippen molar-refractivity contribution >= 4 is 5.82 Å². The normalized spacial score (nSPS) is 19.7. The van der Waals surface area contributed by atoms with Crippen molar-refractivity contribution in [2.75, 3.05) is 25.3 Å². The maximum absolute atomic E-state index is 5.68. The van der Waals surface area contributed by atoms with Crippen LogP contribution in [0.15, 0.2) is 24.4 Å². The summed E-state index contributed by atoms with van der Waals surface area (Å²) in [4.78, 5) is 19.3. The van der Waals surface area contributed by atoms with Crippen molar-refractivity contribution < 1.29 is 9.57 Å². The standard InChI is InChI=1S/C17H20N4O2/c1-2-8-18-15(5-1)17-19-14-6-3-4-13(14)16(20-17)21-23-11-12-7-9-22-10-12/h1-2,5,8,12H,3-4,6-7,9-11H2,(H,19,20,21). The summed E-state index contributed by atoms with van der Waals surface area (Å²) in [6.07, 6.45) is 5.91. The van der Waals surface area contributed by atoms with E-state index in [1.807, 2.05) is 18.2 Å². The molecule has 0 aromatic carbocycles. The molecular formula is C17H20N4O2. The van der Waals surface area contributed by atoms with Crippen LogP contribution >= 0.6 is 0 Å². The topological polar surface area (TPSA) is 69.2 Å². The summed E-state index contributed by atoms with van der Waals surface area (Å²) in [6.45, 7) is 2.25. The van der Waals surface area contributed by atoms with Gasteiger partial charge in [-0.1, -0.05) is 6.07 Å². The van der Waals surface area contributed by atoms with Crippen LogP contribution in [0.1, 0.15) is 24.1 Å². The highest BCUT2D eigenvalue weighted by molar-refractivity contribution is 5.57. The third-order valence-corrected chi connectivity index (χ3v) is 4.34. The summed E-state index contributed by atoms with van der Waals surface area (Å²) in [5.74, 6) is 1.90. The number of ether oxygens (including phenoxy) is 1.